The van der Waals surface area contributed by atoms with Crippen molar-refractivity contribution in [2.75, 3.05) is 13.6 Å². The van der Waals surface area contributed by atoms with Gasteiger partial charge in [0.2, 0.25) is 0 Å². The molecule has 19 heavy (non-hydrogen) atoms. The molecule has 1 aromatic heterocycles. The van der Waals surface area contributed by atoms with Crippen molar-refractivity contribution in [3.63, 3.8) is 0 Å². The molecule has 0 atom stereocenters. The van der Waals surface area contributed by atoms with Crippen LogP contribution in [0.2, 0.25) is 0 Å². The van der Waals surface area contributed by atoms with E-state index in [9.17, 15) is 0 Å². The molecule has 1 aliphatic heterocycles. The molecule has 2 rings (SSSR count). The van der Waals surface area contributed by atoms with Crippen LogP contribution in [0.1, 0.15) is 34.1 Å². The summed E-state index contributed by atoms with van der Waals surface area (Å²) in [7, 11) is 1.64. The van der Waals surface area contributed by atoms with Crippen LogP contribution in [0.5, 0.6) is 0 Å². The van der Waals surface area contributed by atoms with Crippen molar-refractivity contribution >= 4 is 12.6 Å². The van der Waals surface area contributed by atoms with E-state index in [0.717, 1.165) is 25.0 Å². The van der Waals surface area contributed by atoms with Gasteiger partial charge in [0.25, 0.3) is 0 Å². The molecule has 0 unspecified atom stereocenters. The molecule has 0 aliphatic carbocycles. The lowest BCUT2D eigenvalue weighted by atomic mass is 9.82. The van der Waals surface area contributed by atoms with Crippen molar-refractivity contribution in [3.05, 3.63) is 12.4 Å². The zero-order valence-corrected chi connectivity index (χ0v) is 12.6. The van der Waals surface area contributed by atoms with Crippen LogP contribution in [0, 0.1) is 0 Å². The predicted octanol–water partition coefficient (Wildman–Crippen LogP) is 0.792. The summed E-state index contributed by atoms with van der Waals surface area (Å²) in [5, 5.41) is 7.49. The Bertz CT molecular complexity index is 415. The van der Waals surface area contributed by atoms with Gasteiger partial charge in [-0.05, 0) is 47.7 Å². The van der Waals surface area contributed by atoms with Crippen LogP contribution in [-0.2, 0) is 15.9 Å². The number of nitrogens with one attached hydrogen (secondary N) is 1. The number of hydrogen-bond acceptors (Lipinski definition) is 4. The molecule has 5 nitrogen and oxygen atoms in total. The highest BCUT2D eigenvalue weighted by atomic mass is 16.7. The smallest absolute Gasteiger partial charge is 0.399 e. The molecular weight excluding hydrogens is 241 g/mol. The first kappa shape index (κ1) is 14.6. The van der Waals surface area contributed by atoms with Gasteiger partial charge in [-0.3, -0.25) is 4.68 Å². The Balaban J connectivity index is 2.00. The van der Waals surface area contributed by atoms with Gasteiger partial charge in [-0.25, -0.2) is 0 Å². The second kappa shape index (κ2) is 5.27. The van der Waals surface area contributed by atoms with E-state index in [-0.39, 0.29) is 18.3 Å². The molecule has 1 aliphatic rings. The van der Waals surface area contributed by atoms with Crippen molar-refractivity contribution in [1.82, 2.24) is 15.1 Å². The standard InChI is InChI=1S/C13H24BN3O2/c1-12(2)13(3,4)19-14(18-12)11-9-16-17(10-11)8-6-7-15-5/h9-10,15H,6-8H2,1-5H3. The molecule has 0 aromatic carbocycles. The molecule has 1 aromatic rings. The van der Waals surface area contributed by atoms with Gasteiger partial charge in [-0.1, -0.05) is 0 Å². The van der Waals surface area contributed by atoms with E-state index in [1.807, 2.05) is 24.1 Å². The zero-order chi connectivity index (χ0) is 14.1. The SMILES string of the molecule is CNCCCn1cc(B2OC(C)(C)C(C)(C)O2)cn1. The summed E-state index contributed by atoms with van der Waals surface area (Å²) >= 11 is 0. The topological polar surface area (TPSA) is 48.3 Å². The Morgan fingerprint density at radius 2 is 1.89 bits per heavy atom. The summed E-state index contributed by atoms with van der Waals surface area (Å²) < 4.78 is 13.9. The van der Waals surface area contributed by atoms with Gasteiger partial charge in [0.05, 0.1) is 11.2 Å². The van der Waals surface area contributed by atoms with E-state index >= 15 is 0 Å². The average molecular weight is 265 g/mol. The van der Waals surface area contributed by atoms with Crippen molar-refractivity contribution in [2.24, 2.45) is 0 Å². The van der Waals surface area contributed by atoms with Crippen LogP contribution in [-0.4, -0.2) is 41.7 Å². The number of hydrogen-bond donors (Lipinski definition) is 1. The first-order valence-electron chi connectivity index (χ1n) is 6.88. The Hall–Kier alpha value is -0.845. The van der Waals surface area contributed by atoms with E-state index in [1.54, 1.807) is 0 Å². The Morgan fingerprint density at radius 1 is 1.26 bits per heavy atom. The Labute approximate surface area is 115 Å². The van der Waals surface area contributed by atoms with Crippen molar-refractivity contribution < 1.29 is 9.31 Å². The summed E-state index contributed by atoms with van der Waals surface area (Å²) in [4.78, 5) is 0. The molecule has 2 heterocycles. The highest BCUT2D eigenvalue weighted by Gasteiger charge is 2.52. The molecule has 106 valence electrons. The molecule has 1 N–H and O–H groups in total. The molecule has 0 bridgehead atoms. The average Bonchev–Trinajstić information content (AvgIpc) is 2.83. The second-order valence-corrected chi connectivity index (χ2v) is 6.08. The van der Waals surface area contributed by atoms with Crippen LogP contribution < -0.4 is 10.8 Å². The van der Waals surface area contributed by atoms with Crippen LogP contribution in [0.25, 0.3) is 0 Å². The summed E-state index contributed by atoms with van der Waals surface area (Å²) in [6, 6.07) is 0. The highest BCUT2D eigenvalue weighted by molar-refractivity contribution is 6.61. The quantitative estimate of drug-likeness (QED) is 0.631. The first-order chi connectivity index (χ1) is 8.86. The summed E-state index contributed by atoms with van der Waals surface area (Å²) in [5.41, 5.74) is 0.390. The molecule has 0 spiro atoms. The minimum atomic E-state index is -0.317. The van der Waals surface area contributed by atoms with E-state index in [4.69, 9.17) is 9.31 Å². The van der Waals surface area contributed by atoms with Crippen molar-refractivity contribution in [3.8, 4) is 0 Å². The third kappa shape index (κ3) is 3.01. The maximum atomic E-state index is 6.00. The zero-order valence-electron chi connectivity index (χ0n) is 12.6. The number of rotatable bonds is 5. The lowest BCUT2D eigenvalue weighted by Crippen LogP contribution is -2.41. The Kier molecular flexibility index (Phi) is 4.04. The summed E-state index contributed by atoms with van der Waals surface area (Å²) in [6.07, 6.45) is 4.90. The Morgan fingerprint density at radius 3 is 2.47 bits per heavy atom. The van der Waals surface area contributed by atoms with E-state index in [2.05, 4.69) is 38.1 Å². The lowest BCUT2D eigenvalue weighted by Gasteiger charge is -2.32. The lowest BCUT2D eigenvalue weighted by molar-refractivity contribution is 0.00578. The maximum Gasteiger partial charge on any atom is 0.498 e. The normalized spacial score (nSPS) is 21.0. The van der Waals surface area contributed by atoms with Crippen LogP contribution >= 0.6 is 0 Å². The fourth-order valence-corrected chi connectivity index (χ4v) is 2.02. The van der Waals surface area contributed by atoms with Gasteiger partial charge in [0.15, 0.2) is 0 Å². The summed E-state index contributed by atoms with van der Waals surface area (Å²) in [5.74, 6) is 0. The minimum Gasteiger partial charge on any atom is -0.399 e. The van der Waals surface area contributed by atoms with Crippen LogP contribution in [0.4, 0.5) is 0 Å². The van der Waals surface area contributed by atoms with Gasteiger partial charge < -0.3 is 14.6 Å². The molecule has 0 amide bonds. The van der Waals surface area contributed by atoms with Gasteiger partial charge >= 0.3 is 7.12 Å². The van der Waals surface area contributed by atoms with E-state index < -0.39 is 0 Å². The number of nitrogens with zero attached hydrogens (tertiary/aromatic N) is 2. The predicted molar refractivity (Wildman–Crippen MR) is 76.5 cm³/mol. The van der Waals surface area contributed by atoms with Crippen molar-refractivity contribution in [1.29, 1.82) is 0 Å². The maximum absolute atomic E-state index is 6.00. The van der Waals surface area contributed by atoms with E-state index in [0.29, 0.717) is 0 Å². The number of aryl methyl sites for hydroxylation is 1. The first-order valence-corrected chi connectivity index (χ1v) is 6.88. The van der Waals surface area contributed by atoms with Crippen LogP contribution in [0.15, 0.2) is 12.4 Å². The van der Waals surface area contributed by atoms with Gasteiger partial charge in [-0.15, -0.1) is 0 Å². The van der Waals surface area contributed by atoms with Gasteiger partial charge in [0, 0.05) is 24.4 Å². The molecule has 1 saturated heterocycles. The molecule has 6 heteroatoms. The number of aromatic nitrogens is 2. The fourth-order valence-electron chi connectivity index (χ4n) is 2.02. The third-order valence-corrected chi connectivity index (χ3v) is 3.99. The molecule has 1 fully saturated rings. The highest BCUT2D eigenvalue weighted by Crippen LogP contribution is 2.36. The van der Waals surface area contributed by atoms with E-state index in [1.165, 1.54) is 0 Å². The van der Waals surface area contributed by atoms with Crippen molar-refractivity contribution in [2.45, 2.75) is 51.9 Å². The third-order valence-electron chi connectivity index (χ3n) is 3.99. The monoisotopic (exact) mass is 265 g/mol. The second-order valence-electron chi connectivity index (χ2n) is 6.08. The van der Waals surface area contributed by atoms with Crippen LogP contribution in [0.3, 0.4) is 0 Å². The minimum absolute atomic E-state index is 0.300. The summed E-state index contributed by atoms with van der Waals surface area (Å²) in [6.45, 7) is 10.1. The molecule has 0 radical (unpaired) electrons. The molecular formula is C13H24BN3O2. The fraction of sp³-hybridized carbons (Fsp3) is 0.769. The van der Waals surface area contributed by atoms with Gasteiger partial charge in [0.1, 0.15) is 0 Å². The molecule has 0 saturated carbocycles. The largest absolute Gasteiger partial charge is 0.498 e. The van der Waals surface area contributed by atoms with Gasteiger partial charge in [-0.2, -0.15) is 5.10 Å².